The Hall–Kier alpha value is -2.41. The Morgan fingerprint density at radius 1 is 1.07 bits per heavy atom. The van der Waals surface area contributed by atoms with Crippen molar-refractivity contribution in [3.63, 3.8) is 0 Å². The van der Waals surface area contributed by atoms with Gasteiger partial charge in [0, 0.05) is 0 Å². The summed E-state index contributed by atoms with van der Waals surface area (Å²) in [6.45, 7) is 6.99. The first-order valence-electron chi connectivity index (χ1n) is 8.63. The van der Waals surface area contributed by atoms with Gasteiger partial charge in [-0.05, 0) is 62.6 Å². The molecule has 0 aliphatic carbocycles. The van der Waals surface area contributed by atoms with E-state index < -0.39 is 22.0 Å². The van der Waals surface area contributed by atoms with Crippen LogP contribution in [-0.2, 0) is 14.8 Å². The fourth-order valence-corrected chi connectivity index (χ4v) is 4.13. The first-order chi connectivity index (χ1) is 12.5. The van der Waals surface area contributed by atoms with Crippen molar-refractivity contribution < 1.29 is 17.6 Å². The number of hydrogen-bond donors (Lipinski definition) is 1. The van der Waals surface area contributed by atoms with E-state index in [1.807, 2.05) is 19.1 Å². The fraction of sp³-hybridized carbons (Fsp3) is 0.350. The largest absolute Gasteiger partial charge is 0.348 e. The van der Waals surface area contributed by atoms with E-state index in [-0.39, 0.29) is 11.9 Å². The van der Waals surface area contributed by atoms with Crippen molar-refractivity contribution in [2.75, 3.05) is 10.6 Å². The number of halogens is 1. The van der Waals surface area contributed by atoms with Gasteiger partial charge in [0.15, 0.2) is 0 Å². The van der Waals surface area contributed by atoms with Crippen molar-refractivity contribution >= 4 is 21.6 Å². The third-order valence-electron chi connectivity index (χ3n) is 4.42. The standard InChI is InChI=1S/C20H25FN2O3S/c1-13-6-7-14(2)19(12-13)23(27(5,25)26)16(4)20(24)22-15(3)17-8-10-18(21)11-9-17/h6-12,15-16H,1-5H3,(H,22,24)/t15-,16+/m0/s1. The van der Waals surface area contributed by atoms with E-state index in [1.54, 1.807) is 39.0 Å². The molecule has 1 N–H and O–H groups in total. The molecule has 146 valence electrons. The number of carbonyl (C=O) groups excluding carboxylic acids is 1. The number of rotatable bonds is 6. The van der Waals surface area contributed by atoms with Crippen molar-refractivity contribution in [2.24, 2.45) is 0 Å². The molecule has 7 heteroatoms. The van der Waals surface area contributed by atoms with Gasteiger partial charge in [-0.25, -0.2) is 12.8 Å². The Morgan fingerprint density at radius 3 is 2.22 bits per heavy atom. The van der Waals surface area contributed by atoms with Crippen molar-refractivity contribution in [1.29, 1.82) is 0 Å². The molecular formula is C20H25FN2O3S. The minimum absolute atomic E-state index is 0.358. The van der Waals surface area contributed by atoms with Gasteiger partial charge in [0.25, 0.3) is 0 Å². The average Bonchev–Trinajstić information content (AvgIpc) is 2.57. The number of hydrogen-bond acceptors (Lipinski definition) is 3. The molecule has 2 aromatic rings. The van der Waals surface area contributed by atoms with Crippen molar-refractivity contribution in [3.8, 4) is 0 Å². The molecule has 0 fully saturated rings. The number of anilines is 1. The number of nitrogens with one attached hydrogen (secondary N) is 1. The lowest BCUT2D eigenvalue weighted by Crippen LogP contribution is -2.48. The summed E-state index contributed by atoms with van der Waals surface area (Å²) in [5, 5.41) is 2.80. The Bertz CT molecular complexity index is 927. The van der Waals surface area contributed by atoms with E-state index in [0.717, 1.165) is 27.3 Å². The van der Waals surface area contributed by atoms with Crippen molar-refractivity contribution in [2.45, 2.75) is 39.8 Å². The Labute approximate surface area is 160 Å². The van der Waals surface area contributed by atoms with E-state index in [2.05, 4.69) is 5.32 Å². The van der Waals surface area contributed by atoms with Crippen LogP contribution in [0.4, 0.5) is 10.1 Å². The van der Waals surface area contributed by atoms with Crippen LogP contribution in [0.15, 0.2) is 42.5 Å². The number of aryl methyl sites for hydroxylation is 2. The second-order valence-electron chi connectivity index (χ2n) is 6.81. The third kappa shape index (κ3) is 5.07. The molecular weight excluding hydrogens is 367 g/mol. The molecule has 27 heavy (non-hydrogen) atoms. The first kappa shape index (κ1) is 20.9. The zero-order valence-electron chi connectivity index (χ0n) is 16.2. The SMILES string of the molecule is Cc1ccc(C)c(N([C@H](C)C(=O)N[C@@H](C)c2ccc(F)cc2)S(C)(=O)=O)c1. The van der Waals surface area contributed by atoms with E-state index in [0.29, 0.717) is 5.69 Å². The van der Waals surface area contributed by atoms with Gasteiger partial charge in [-0.15, -0.1) is 0 Å². The molecule has 2 atom stereocenters. The summed E-state index contributed by atoms with van der Waals surface area (Å²) in [7, 11) is -3.68. The van der Waals surface area contributed by atoms with Crippen LogP contribution in [0.2, 0.25) is 0 Å². The normalized spacial score (nSPS) is 13.7. The molecule has 1 amide bonds. The van der Waals surface area contributed by atoms with Gasteiger partial charge in [-0.3, -0.25) is 9.10 Å². The van der Waals surface area contributed by atoms with Gasteiger partial charge in [-0.1, -0.05) is 24.3 Å². The molecule has 0 heterocycles. The molecule has 0 aliphatic heterocycles. The second-order valence-corrected chi connectivity index (χ2v) is 8.67. The maximum atomic E-state index is 13.1. The lowest BCUT2D eigenvalue weighted by molar-refractivity contribution is -0.122. The molecule has 0 unspecified atom stereocenters. The Morgan fingerprint density at radius 2 is 1.67 bits per heavy atom. The number of carbonyl (C=O) groups is 1. The van der Waals surface area contributed by atoms with Crippen LogP contribution in [0.25, 0.3) is 0 Å². The quantitative estimate of drug-likeness (QED) is 0.819. The first-order valence-corrected chi connectivity index (χ1v) is 10.5. The highest BCUT2D eigenvalue weighted by molar-refractivity contribution is 7.92. The summed E-state index contributed by atoms with van der Waals surface area (Å²) in [6, 6.07) is 9.96. The average molecular weight is 392 g/mol. The number of benzene rings is 2. The van der Waals surface area contributed by atoms with Gasteiger partial charge < -0.3 is 5.32 Å². The van der Waals surface area contributed by atoms with Gasteiger partial charge in [0.2, 0.25) is 15.9 Å². The number of nitrogens with zero attached hydrogens (tertiary/aromatic N) is 1. The Balaban J connectivity index is 2.30. The molecule has 0 radical (unpaired) electrons. The molecule has 0 bridgehead atoms. The van der Waals surface area contributed by atoms with Crippen LogP contribution in [0.3, 0.4) is 0 Å². The lowest BCUT2D eigenvalue weighted by atomic mass is 10.1. The van der Waals surface area contributed by atoms with E-state index >= 15 is 0 Å². The lowest BCUT2D eigenvalue weighted by Gasteiger charge is -2.30. The van der Waals surface area contributed by atoms with Crippen molar-refractivity contribution in [1.82, 2.24) is 5.32 Å². The Kier molecular flexibility index (Phi) is 6.26. The number of sulfonamides is 1. The highest BCUT2D eigenvalue weighted by atomic mass is 32.2. The summed E-state index contributed by atoms with van der Waals surface area (Å²) in [5.74, 6) is -0.790. The van der Waals surface area contributed by atoms with E-state index in [1.165, 1.54) is 12.1 Å². The smallest absolute Gasteiger partial charge is 0.244 e. The van der Waals surface area contributed by atoms with Gasteiger partial charge in [0.1, 0.15) is 11.9 Å². The summed E-state index contributed by atoms with van der Waals surface area (Å²) < 4.78 is 39.1. The monoisotopic (exact) mass is 392 g/mol. The maximum absolute atomic E-state index is 13.1. The van der Waals surface area contributed by atoms with Crippen LogP contribution in [0.1, 0.15) is 36.6 Å². The van der Waals surface area contributed by atoms with Gasteiger partial charge in [0.05, 0.1) is 18.0 Å². The minimum atomic E-state index is -3.68. The molecule has 0 aliphatic rings. The molecule has 2 aromatic carbocycles. The summed E-state index contributed by atoms with van der Waals surface area (Å²) in [4.78, 5) is 12.8. The highest BCUT2D eigenvalue weighted by Crippen LogP contribution is 2.26. The summed E-state index contributed by atoms with van der Waals surface area (Å²) in [5.41, 5.74) is 2.87. The van der Waals surface area contributed by atoms with Crippen LogP contribution in [0.5, 0.6) is 0 Å². The van der Waals surface area contributed by atoms with E-state index in [9.17, 15) is 17.6 Å². The predicted molar refractivity (Wildman–Crippen MR) is 106 cm³/mol. The number of amides is 1. The third-order valence-corrected chi connectivity index (χ3v) is 5.65. The van der Waals surface area contributed by atoms with Crippen LogP contribution >= 0.6 is 0 Å². The van der Waals surface area contributed by atoms with Crippen LogP contribution < -0.4 is 9.62 Å². The highest BCUT2D eigenvalue weighted by Gasteiger charge is 2.30. The zero-order valence-corrected chi connectivity index (χ0v) is 17.0. The molecule has 5 nitrogen and oxygen atoms in total. The molecule has 0 saturated carbocycles. The zero-order chi connectivity index (χ0) is 20.4. The predicted octanol–water partition coefficient (Wildman–Crippen LogP) is 3.47. The molecule has 0 saturated heterocycles. The summed E-state index contributed by atoms with van der Waals surface area (Å²) in [6.07, 6.45) is 1.09. The van der Waals surface area contributed by atoms with Crippen LogP contribution in [-0.4, -0.2) is 26.6 Å². The van der Waals surface area contributed by atoms with Crippen molar-refractivity contribution in [3.05, 3.63) is 65.0 Å². The molecule has 2 rings (SSSR count). The van der Waals surface area contributed by atoms with Gasteiger partial charge in [-0.2, -0.15) is 0 Å². The maximum Gasteiger partial charge on any atom is 0.244 e. The molecule has 0 spiro atoms. The topological polar surface area (TPSA) is 66.5 Å². The van der Waals surface area contributed by atoms with Gasteiger partial charge >= 0.3 is 0 Å². The van der Waals surface area contributed by atoms with Crippen LogP contribution in [0, 0.1) is 19.7 Å². The fourth-order valence-electron chi connectivity index (χ4n) is 2.91. The minimum Gasteiger partial charge on any atom is -0.348 e. The second kappa shape index (κ2) is 8.08. The van der Waals surface area contributed by atoms with E-state index in [4.69, 9.17) is 0 Å². The molecule has 0 aromatic heterocycles. The summed E-state index contributed by atoms with van der Waals surface area (Å²) >= 11 is 0.